The minimum absolute atomic E-state index is 0.0604. The van der Waals surface area contributed by atoms with Gasteiger partial charge in [-0.3, -0.25) is 9.59 Å². The van der Waals surface area contributed by atoms with Gasteiger partial charge in [0, 0.05) is 11.3 Å². The molecule has 2 aromatic carbocycles. The van der Waals surface area contributed by atoms with Crippen molar-refractivity contribution in [3.63, 3.8) is 0 Å². The first kappa shape index (κ1) is 18.5. The van der Waals surface area contributed by atoms with Gasteiger partial charge in [0.1, 0.15) is 11.5 Å². The summed E-state index contributed by atoms with van der Waals surface area (Å²) in [5.74, 6) is -0.557. The van der Waals surface area contributed by atoms with Crippen molar-refractivity contribution in [3.8, 4) is 11.5 Å². The van der Waals surface area contributed by atoms with Gasteiger partial charge in [0.25, 0.3) is 5.56 Å². The maximum Gasteiger partial charge on any atom is 0.306 e. The predicted molar refractivity (Wildman–Crippen MR) is 102 cm³/mol. The molecule has 0 aliphatic carbocycles. The van der Waals surface area contributed by atoms with Crippen LogP contribution in [0.5, 0.6) is 11.5 Å². The first-order valence-corrected chi connectivity index (χ1v) is 8.68. The molecule has 3 rings (SSSR count). The van der Waals surface area contributed by atoms with Gasteiger partial charge in [0.15, 0.2) is 0 Å². The van der Waals surface area contributed by atoms with Gasteiger partial charge < -0.3 is 19.6 Å². The van der Waals surface area contributed by atoms with Crippen molar-refractivity contribution < 1.29 is 19.4 Å². The Bertz CT molecular complexity index is 1010. The molecule has 0 aliphatic rings. The Morgan fingerprint density at radius 2 is 1.85 bits per heavy atom. The fraction of sp³-hybridized carbons (Fsp3) is 0.238. The highest BCUT2D eigenvalue weighted by atomic mass is 16.5. The van der Waals surface area contributed by atoms with Crippen molar-refractivity contribution in [1.82, 2.24) is 4.98 Å². The summed E-state index contributed by atoms with van der Waals surface area (Å²) in [5.41, 5.74) is 0.955. The predicted octanol–water partition coefficient (Wildman–Crippen LogP) is 3.33. The van der Waals surface area contributed by atoms with Gasteiger partial charge in [0.2, 0.25) is 0 Å². The number of carbonyl (C=O) groups excluding carboxylic acids is 1. The van der Waals surface area contributed by atoms with Crippen LogP contribution in [-0.2, 0) is 9.53 Å². The summed E-state index contributed by atoms with van der Waals surface area (Å²) in [5, 5.41) is 11.3. The second-order valence-electron chi connectivity index (χ2n) is 6.10. The van der Waals surface area contributed by atoms with E-state index in [-0.39, 0.29) is 24.3 Å². The van der Waals surface area contributed by atoms with Crippen LogP contribution in [0.1, 0.15) is 30.4 Å². The SMILES string of the molecule is CCOC(=O)C[C@H](c1ccc(OC)cc1)c1c(O)c2ccccc2[nH]c1=O. The molecule has 0 saturated carbocycles. The number of para-hydroxylation sites is 1. The summed E-state index contributed by atoms with van der Waals surface area (Å²) in [6, 6.07) is 14.0. The third-order valence-corrected chi connectivity index (χ3v) is 4.47. The van der Waals surface area contributed by atoms with Crippen LogP contribution >= 0.6 is 0 Å². The average Bonchev–Trinajstić information content (AvgIpc) is 2.67. The summed E-state index contributed by atoms with van der Waals surface area (Å²) < 4.78 is 10.2. The molecule has 0 saturated heterocycles. The van der Waals surface area contributed by atoms with Crippen LogP contribution in [0.4, 0.5) is 0 Å². The summed E-state index contributed by atoms with van der Waals surface area (Å²) in [6.07, 6.45) is -0.0604. The molecule has 6 nitrogen and oxygen atoms in total. The number of ether oxygens (including phenoxy) is 2. The van der Waals surface area contributed by atoms with Crippen LogP contribution in [0.15, 0.2) is 53.3 Å². The molecule has 0 radical (unpaired) electrons. The van der Waals surface area contributed by atoms with E-state index in [1.807, 2.05) is 0 Å². The zero-order chi connectivity index (χ0) is 19.4. The molecule has 0 unspecified atom stereocenters. The lowest BCUT2D eigenvalue weighted by Gasteiger charge is -2.19. The number of aromatic amines is 1. The minimum Gasteiger partial charge on any atom is -0.507 e. The number of methoxy groups -OCH3 is 1. The van der Waals surface area contributed by atoms with E-state index in [1.165, 1.54) is 0 Å². The number of esters is 1. The number of aromatic hydroxyl groups is 1. The molecule has 0 bridgehead atoms. The quantitative estimate of drug-likeness (QED) is 0.653. The van der Waals surface area contributed by atoms with E-state index in [9.17, 15) is 14.7 Å². The molecule has 3 aromatic rings. The Labute approximate surface area is 156 Å². The molecular formula is C21H21NO5. The van der Waals surface area contributed by atoms with Gasteiger partial charge >= 0.3 is 5.97 Å². The van der Waals surface area contributed by atoms with Gasteiger partial charge in [-0.2, -0.15) is 0 Å². The molecule has 0 spiro atoms. The van der Waals surface area contributed by atoms with Crippen molar-refractivity contribution in [2.45, 2.75) is 19.3 Å². The van der Waals surface area contributed by atoms with Gasteiger partial charge in [-0.1, -0.05) is 24.3 Å². The molecule has 0 amide bonds. The van der Waals surface area contributed by atoms with Gasteiger partial charge in [0.05, 0.1) is 31.2 Å². The first-order chi connectivity index (χ1) is 13.0. The lowest BCUT2D eigenvalue weighted by molar-refractivity contribution is -0.143. The number of carbonyl (C=O) groups is 1. The standard InChI is InChI=1S/C21H21NO5/c1-3-27-18(23)12-16(13-8-10-14(26-2)11-9-13)19-20(24)15-6-4-5-7-17(15)22-21(19)25/h4-11,16H,3,12H2,1-2H3,(H2,22,24,25)/t16-/m1/s1. The van der Waals surface area contributed by atoms with Crippen molar-refractivity contribution in [2.75, 3.05) is 13.7 Å². The molecule has 1 atom stereocenters. The Hall–Kier alpha value is -3.28. The van der Waals surface area contributed by atoms with Crippen molar-refractivity contribution >= 4 is 16.9 Å². The summed E-state index contributed by atoms with van der Waals surface area (Å²) in [7, 11) is 1.56. The fourth-order valence-corrected chi connectivity index (χ4v) is 3.17. The number of fused-ring (bicyclic) bond motifs is 1. The Morgan fingerprint density at radius 1 is 1.15 bits per heavy atom. The maximum absolute atomic E-state index is 12.7. The van der Waals surface area contributed by atoms with E-state index in [0.29, 0.717) is 22.2 Å². The summed E-state index contributed by atoms with van der Waals surface area (Å²) in [4.78, 5) is 27.7. The summed E-state index contributed by atoms with van der Waals surface area (Å²) >= 11 is 0. The number of nitrogens with one attached hydrogen (secondary N) is 1. The maximum atomic E-state index is 12.7. The van der Waals surface area contributed by atoms with Crippen molar-refractivity contribution in [1.29, 1.82) is 0 Å². The lowest BCUT2D eigenvalue weighted by atomic mass is 9.88. The smallest absolute Gasteiger partial charge is 0.306 e. The second kappa shape index (κ2) is 7.95. The van der Waals surface area contributed by atoms with E-state index in [4.69, 9.17) is 9.47 Å². The van der Waals surface area contributed by atoms with Crippen LogP contribution in [0.2, 0.25) is 0 Å². The lowest BCUT2D eigenvalue weighted by Crippen LogP contribution is -2.20. The number of aromatic nitrogens is 1. The van der Waals surface area contributed by atoms with Gasteiger partial charge in [-0.05, 0) is 36.8 Å². The van der Waals surface area contributed by atoms with Gasteiger partial charge in [-0.25, -0.2) is 0 Å². The summed E-state index contributed by atoms with van der Waals surface area (Å²) in [6.45, 7) is 1.97. The zero-order valence-corrected chi connectivity index (χ0v) is 15.2. The van der Waals surface area contributed by atoms with Crippen LogP contribution < -0.4 is 10.3 Å². The monoisotopic (exact) mass is 367 g/mol. The van der Waals surface area contributed by atoms with E-state index in [0.717, 1.165) is 0 Å². The zero-order valence-electron chi connectivity index (χ0n) is 15.2. The highest BCUT2D eigenvalue weighted by molar-refractivity contribution is 5.86. The number of benzene rings is 2. The number of H-pyrrole nitrogens is 1. The molecule has 2 N–H and O–H groups in total. The Balaban J connectivity index is 2.16. The third kappa shape index (κ3) is 3.79. The highest BCUT2D eigenvalue weighted by Crippen LogP contribution is 2.36. The average molecular weight is 367 g/mol. The largest absolute Gasteiger partial charge is 0.507 e. The molecule has 1 aromatic heterocycles. The molecule has 140 valence electrons. The van der Waals surface area contributed by atoms with E-state index < -0.39 is 17.4 Å². The normalized spacial score (nSPS) is 11.9. The fourth-order valence-electron chi connectivity index (χ4n) is 3.17. The number of pyridine rings is 1. The molecule has 27 heavy (non-hydrogen) atoms. The van der Waals surface area contributed by atoms with Crippen molar-refractivity contribution in [2.24, 2.45) is 0 Å². The van der Waals surface area contributed by atoms with E-state index in [2.05, 4.69) is 4.98 Å². The van der Waals surface area contributed by atoms with E-state index >= 15 is 0 Å². The van der Waals surface area contributed by atoms with Crippen LogP contribution in [-0.4, -0.2) is 29.8 Å². The van der Waals surface area contributed by atoms with Gasteiger partial charge in [-0.15, -0.1) is 0 Å². The molecule has 1 heterocycles. The number of hydrogen-bond acceptors (Lipinski definition) is 5. The second-order valence-corrected chi connectivity index (χ2v) is 6.10. The topological polar surface area (TPSA) is 88.6 Å². The molecular weight excluding hydrogens is 346 g/mol. The Kier molecular flexibility index (Phi) is 5.45. The Morgan fingerprint density at radius 3 is 2.52 bits per heavy atom. The van der Waals surface area contributed by atoms with Crippen LogP contribution in [0.25, 0.3) is 10.9 Å². The number of hydrogen-bond donors (Lipinski definition) is 2. The van der Waals surface area contributed by atoms with Crippen molar-refractivity contribution in [3.05, 3.63) is 70.0 Å². The van der Waals surface area contributed by atoms with E-state index in [1.54, 1.807) is 62.6 Å². The van der Waals surface area contributed by atoms with Crippen LogP contribution in [0, 0.1) is 0 Å². The highest BCUT2D eigenvalue weighted by Gasteiger charge is 2.26. The molecule has 0 fully saturated rings. The number of rotatable bonds is 6. The molecule has 6 heteroatoms. The molecule has 0 aliphatic heterocycles. The first-order valence-electron chi connectivity index (χ1n) is 8.68. The third-order valence-electron chi connectivity index (χ3n) is 4.47. The minimum atomic E-state index is -0.650. The van der Waals surface area contributed by atoms with Crippen LogP contribution in [0.3, 0.4) is 0 Å².